The van der Waals surface area contributed by atoms with Crippen LogP contribution in [-0.4, -0.2) is 14.5 Å². The van der Waals surface area contributed by atoms with Crippen LogP contribution in [0.2, 0.25) is 0 Å². The van der Waals surface area contributed by atoms with E-state index in [1.54, 1.807) is 0 Å². The Labute approximate surface area is 56.3 Å². The van der Waals surface area contributed by atoms with Gasteiger partial charge in [0.1, 0.15) is 0 Å². The summed E-state index contributed by atoms with van der Waals surface area (Å²) in [5.41, 5.74) is 1.52. The molecular weight excluding hydrogens is 163 g/mol. The van der Waals surface area contributed by atoms with Gasteiger partial charge >= 0.3 is 55.8 Å². The molecule has 1 aromatic rings. The molecule has 1 heterocycles. The Morgan fingerprint density at radius 3 is 2.50 bits per heavy atom. The first-order valence-corrected chi connectivity index (χ1v) is 4.80. The molecule has 1 heteroatoms. The monoisotopic (exact) mass is 174 g/mol. The van der Waals surface area contributed by atoms with Gasteiger partial charge in [-0.15, -0.1) is 0 Å². The van der Waals surface area contributed by atoms with Crippen LogP contribution in [-0.2, 0) is 0 Å². The summed E-state index contributed by atoms with van der Waals surface area (Å²) in [6, 6.07) is 2.24. The molecule has 0 unspecified atom stereocenters. The Kier molecular flexibility index (Phi) is 1.93. The summed E-state index contributed by atoms with van der Waals surface area (Å²) < 4.78 is 0. The first kappa shape index (κ1) is 6.12. The fraction of sp³-hybridized carbons (Fsp3) is 0.429. The second-order valence-electron chi connectivity index (χ2n) is 2.21. The third-order valence-corrected chi connectivity index (χ3v) is 2.68. The number of hydrogen-bond acceptors (Lipinski definition) is 0. The normalized spacial score (nSPS) is 10.4. The molecule has 0 spiro atoms. The summed E-state index contributed by atoms with van der Waals surface area (Å²) >= 11 is 0.680. The molecule has 0 fully saturated rings. The van der Waals surface area contributed by atoms with Crippen molar-refractivity contribution in [2.45, 2.75) is 19.8 Å². The van der Waals surface area contributed by atoms with Crippen molar-refractivity contribution in [3.63, 3.8) is 0 Å². The van der Waals surface area contributed by atoms with Crippen LogP contribution in [0.25, 0.3) is 0 Å². The van der Waals surface area contributed by atoms with Gasteiger partial charge in [0.2, 0.25) is 0 Å². The topological polar surface area (TPSA) is 0 Å². The molecule has 1 aromatic heterocycles. The minimum atomic E-state index is 0.680. The molecule has 0 aliphatic rings. The molecule has 0 nitrogen and oxygen atoms in total. The molecule has 0 aliphatic carbocycles. The second-order valence-corrected chi connectivity index (χ2v) is 3.85. The third-order valence-electron chi connectivity index (χ3n) is 1.21. The average molecular weight is 173 g/mol. The quantitative estimate of drug-likeness (QED) is 0.568. The van der Waals surface area contributed by atoms with E-state index in [0.29, 0.717) is 14.5 Å². The molecular formula is C7H10Se. The fourth-order valence-electron chi connectivity index (χ4n) is 0.604. The van der Waals surface area contributed by atoms with E-state index in [2.05, 4.69) is 29.8 Å². The fourth-order valence-corrected chi connectivity index (χ4v) is 2.33. The van der Waals surface area contributed by atoms with Gasteiger partial charge in [-0.25, -0.2) is 0 Å². The Hall–Kier alpha value is -0.000519. The van der Waals surface area contributed by atoms with E-state index in [1.165, 1.54) is 5.56 Å². The first-order valence-electron chi connectivity index (χ1n) is 2.83. The molecule has 0 saturated carbocycles. The molecule has 0 aromatic carbocycles. The molecule has 8 heavy (non-hydrogen) atoms. The van der Waals surface area contributed by atoms with Crippen LogP contribution in [0.3, 0.4) is 0 Å². The molecule has 0 radical (unpaired) electrons. The Morgan fingerprint density at radius 1 is 1.50 bits per heavy atom. The van der Waals surface area contributed by atoms with Gasteiger partial charge in [-0.2, -0.15) is 0 Å². The van der Waals surface area contributed by atoms with Crippen molar-refractivity contribution in [3.05, 3.63) is 21.5 Å². The zero-order chi connectivity index (χ0) is 5.98. The summed E-state index contributed by atoms with van der Waals surface area (Å²) in [6.07, 6.45) is 0. The van der Waals surface area contributed by atoms with Gasteiger partial charge in [-0.05, 0) is 0 Å². The summed E-state index contributed by atoms with van der Waals surface area (Å²) in [7, 11) is 0. The number of rotatable bonds is 1. The zero-order valence-corrected chi connectivity index (χ0v) is 6.93. The minimum absolute atomic E-state index is 0.680. The summed E-state index contributed by atoms with van der Waals surface area (Å²) in [6.45, 7) is 4.47. The molecule has 0 N–H and O–H groups in total. The average Bonchev–Trinajstić information content (AvgIpc) is 2.12. The maximum atomic E-state index is 2.34. The molecule has 0 amide bonds. The van der Waals surface area contributed by atoms with Crippen LogP contribution < -0.4 is 0 Å². The van der Waals surface area contributed by atoms with Gasteiger partial charge in [-0.3, -0.25) is 0 Å². The van der Waals surface area contributed by atoms with Crippen molar-refractivity contribution in [1.82, 2.24) is 0 Å². The van der Waals surface area contributed by atoms with Crippen molar-refractivity contribution < 1.29 is 0 Å². The van der Waals surface area contributed by atoms with Crippen LogP contribution in [0, 0.1) is 0 Å². The van der Waals surface area contributed by atoms with Gasteiger partial charge < -0.3 is 0 Å². The van der Waals surface area contributed by atoms with E-state index in [0.717, 1.165) is 5.92 Å². The van der Waals surface area contributed by atoms with E-state index in [1.807, 2.05) is 0 Å². The molecule has 0 bridgehead atoms. The van der Waals surface area contributed by atoms with E-state index >= 15 is 0 Å². The van der Waals surface area contributed by atoms with Crippen molar-refractivity contribution in [1.29, 1.82) is 0 Å². The van der Waals surface area contributed by atoms with Crippen LogP contribution in [0.15, 0.2) is 15.9 Å². The Morgan fingerprint density at radius 2 is 2.25 bits per heavy atom. The van der Waals surface area contributed by atoms with E-state index in [9.17, 15) is 0 Å². The second kappa shape index (κ2) is 2.52. The van der Waals surface area contributed by atoms with Crippen molar-refractivity contribution in [2.75, 3.05) is 0 Å². The van der Waals surface area contributed by atoms with Crippen molar-refractivity contribution in [2.24, 2.45) is 0 Å². The van der Waals surface area contributed by atoms with E-state index in [-0.39, 0.29) is 0 Å². The zero-order valence-electron chi connectivity index (χ0n) is 5.22. The van der Waals surface area contributed by atoms with Gasteiger partial charge in [0.05, 0.1) is 0 Å². The van der Waals surface area contributed by atoms with Gasteiger partial charge in [0, 0.05) is 0 Å². The Balaban J connectivity index is 2.77. The summed E-state index contributed by atoms with van der Waals surface area (Å²) in [4.78, 5) is 4.61. The first-order chi connectivity index (χ1) is 3.80. The van der Waals surface area contributed by atoms with Crippen LogP contribution >= 0.6 is 0 Å². The SMILES string of the molecule is CC(C)c1cc[se]c1. The Bertz CT molecular complexity index is 139. The molecule has 0 saturated heterocycles. The van der Waals surface area contributed by atoms with Crippen LogP contribution in [0.4, 0.5) is 0 Å². The van der Waals surface area contributed by atoms with Crippen molar-refractivity contribution >= 4 is 14.5 Å². The van der Waals surface area contributed by atoms with Gasteiger partial charge in [0.25, 0.3) is 0 Å². The van der Waals surface area contributed by atoms with E-state index < -0.39 is 0 Å². The molecule has 1 rings (SSSR count). The summed E-state index contributed by atoms with van der Waals surface area (Å²) in [5.74, 6) is 0.732. The number of hydrogen-bond donors (Lipinski definition) is 0. The predicted molar refractivity (Wildman–Crippen MR) is 37.5 cm³/mol. The molecule has 44 valence electrons. The summed E-state index contributed by atoms with van der Waals surface area (Å²) in [5, 5.41) is 0. The molecule has 0 atom stereocenters. The van der Waals surface area contributed by atoms with E-state index in [4.69, 9.17) is 0 Å². The van der Waals surface area contributed by atoms with Crippen molar-refractivity contribution in [3.8, 4) is 0 Å². The van der Waals surface area contributed by atoms with Gasteiger partial charge in [-0.1, -0.05) is 0 Å². The maximum absolute atomic E-state index is 2.34. The molecule has 0 aliphatic heterocycles. The predicted octanol–water partition coefficient (Wildman–Crippen LogP) is 1.87. The van der Waals surface area contributed by atoms with Crippen LogP contribution in [0.5, 0.6) is 0 Å². The third kappa shape index (κ3) is 1.24. The van der Waals surface area contributed by atoms with Gasteiger partial charge in [0.15, 0.2) is 0 Å². The standard InChI is InChI=1S/C7H10Se/c1-6(2)7-3-4-8-5-7/h3-6H,1-2H3. The van der Waals surface area contributed by atoms with Crippen LogP contribution in [0.1, 0.15) is 25.3 Å².